The molecule has 0 spiro atoms. The summed E-state index contributed by atoms with van der Waals surface area (Å²) in [6.45, 7) is 4.95. The van der Waals surface area contributed by atoms with Crippen LogP contribution in [-0.2, 0) is 0 Å². The van der Waals surface area contributed by atoms with Crippen LogP contribution in [-0.4, -0.2) is 12.1 Å². The molecule has 1 saturated carbocycles. The highest BCUT2D eigenvalue weighted by Crippen LogP contribution is 2.38. The molecule has 0 saturated heterocycles. The van der Waals surface area contributed by atoms with Gasteiger partial charge in [0, 0.05) is 22.2 Å². The Morgan fingerprint density at radius 2 is 1.87 bits per heavy atom. The summed E-state index contributed by atoms with van der Waals surface area (Å²) in [7, 11) is 0. The number of halogens is 1. The second-order valence-electron chi connectivity index (χ2n) is 4.53. The van der Waals surface area contributed by atoms with Gasteiger partial charge in [-0.3, -0.25) is 0 Å². The molecule has 0 bridgehead atoms. The SMILES string of the molecule is Cc1cc(NC2(CN)CC2)cc(C)c1Br. The molecule has 82 valence electrons. The second kappa shape index (κ2) is 3.80. The van der Waals surface area contributed by atoms with Crippen LogP contribution in [0, 0.1) is 13.8 Å². The smallest absolute Gasteiger partial charge is 0.0497 e. The van der Waals surface area contributed by atoms with Gasteiger partial charge >= 0.3 is 0 Å². The molecule has 1 aliphatic rings. The minimum atomic E-state index is 0.187. The summed E-state index contributed by atoms with van der Waals surface area (Å²) in [6, 6.07) is 4.35. The Morgan fingerprint density at radius 1 is 1.33 bits per heavy atom. The van der Waals surface area contributed by atoms with Crippen LogP contribution in [0.4, 0.5) is 5.69 Å². The standard InChI is InChI=1S/C12H17BrN2/c1-8-5-10(6-9(2)11(8)13)15-12(7-14)3-4-12/h5-6,15H,3-4,7,14H2,1-2H3. The topological polar surface area (TPSA) is 38.0 Å². The number of hydrogen-bond donors (Lipinski definition) is 2. The Bertz CT molecular complexity index is 360. The van der Waals surface area contributed by atoms with E-state index in [1.807, 2.05) is 0 Å². The predicted octanol–water partition coefficient (Wildman–Crippen LogP) is 2.97. The van der Waals surface area contributed by atoms with Gasteiger partial charge in [0.25, 0.3) is 0 Å². The van der Waals surface area contributed by atoms with E-state index in [9.17, 15) is 0 Å². The average molecular weight is 269 g/mol. The first-order chi connectivity index (χ1) is 7.06. The van der Waals surface area contributed by atoms with Crippen molar-refractivity contribution in [1.29, 1.82) is 0 Å². The fourth-order valence-electron chi connectivity index (χ4n) is 1.86. The molecule has 1 aromatic carbocycles. The van der Waals surface area contributed by atoms with Gasteiger partial charge in [0.15, 0.2) is 0 Å². The monoisotopic (exact) mass is 268 g/mol. The molecule has 0 amide bonds. The molecule has 15 heavy (non-hydrogen) atoms. The van der Waals surface area contributed by atoms with E-state index in [-0.39, 0.29) is 5.54 Å². The van der Waals surface area contributed by atoms with E-state index in [0.717, 1.165) is 6.54 Å². The zero-order valence-corrected chi connectivity index (χ0v) is 10.8. The van der Waals surface area contributed by atoms with E-state index in [1.54, 1.807) is 0 Å². The zero-order valence-electron chi connectivity index (χ0n) is 9.23. The highest BCUT2D eigenvalue weighted by atomic mass is 79.9. The highest BCUT2D eigenvalue weighted by molar-refractivity contribution is 9.10. The van der Waals surface area contributed by atoms with Crippen molar-refractivity contribution in [2.45, 2.75) is 32.2 Å². The molecular weight excluding hydrogens is 252 g/mol. The summed E-state index contributed by atoms with van der Waals surface area (Å²) >= 11 is 3.57. The van der Waals surface area contributed by atoms with Crippen LogP contribution in [0.2, 0.25) is 0 Å². The Kier molecular flexibility index (Phi) is 2.77. The first kappa shape index (κ1) is 11.0. The molecular formula is C12H17BrN2. The molecule has 0 radical (unpaired) electrons. The Hall–Kier alpha value is -0.540. The van der Waals surface area contributed by atoms with Crippen molar-refractivity contribution in [3.8, 4) is 0 Å². The molecule has 2 rings (SSSR count). The van der Waals surface area contributed by atoms with Crippen LogP contribution in [0.5, 0.6) is 0 Å². The van der Waals surface area contributed by atoms with Crippen molar-refractivity contribution in [3.05, 3.63) is 27.7 Å². The zero-order chi connectivity index (χ0) is 11.1. The van der Waals surface area contributed by atoms with Crippen molar-refractivity contribution < 1.29 is 0 Å². The van der Waals surface area contributed by atoms with Crippen LogP contribution in [0.3, 0.4) is 0 Å². The largest absolute Gasteiger partial charge is 0.378 e. The third kappa shape index (κ3) is 2.18. The summed E-state index contributed by atoms with van der Waals surface area (Å²) in [5.74, 6) is 0. The minimum Gasteiger partial charge on any atom is -0.378 e. The van der Waals surface area contributed by atoms with Gasteiger partial charge in [-0.05, 0) is 49.9 Å². The number of hydrogen-bond acceptors (Lipinski definition) is 2. The summed E-state index contributed by atoms with van der Waals surface area (Å²) in [5.41, 5.74) is 9.67. The lowest BCUT2D eigenvalue weighted by Crippen LogP contribution is -2.30. The molecule has 3 heteroatoms. The quantitative estimate of drug-likeness (QED) is 0.885. The van der Waals surface area contributed by atoms with Crippen molar-refractivity contribution in [2.24, 2.45) is 5.73 Å². The van der Waals surface area contributed by atoms with Crippen molar-refractivity contribution in [1.82, 2.24) is 0 Å². The lowest BCUT2D eigenvalue weighted by atomic mass is 10.1. The van der Waals surface area contributed by atoms with Crippen LogP contribution in [0.25, 0.3) is 0 Å². The van der Waals surface area contributed by atoms with Crippen LogP contribution < -0.4 is 11.1 Å². The van der Waals surface area contributed by atoms with Gasteiger partial charge in [0.05, 0.1) is 0 Å². The summed E-state index contributed by atoms with van der Waals surface area (Å²) in [4.78, 5) is 0. The maximum atomic E-state index is 5.75. The average Bonchev–Trinajstić information content (AvgIpc) is 2.95. The van der Waals surface area contributed by atoms with Gasteiger partial charge in [-0.15, -0.1) is 0 Å². The molecule has 0 unspecified atom stereocenters. The normalized spacial score (nSPS) is 17.6. The van der Waals surface area contributed by atoms with E-state index in [0.29, 0.717) is 0 Å². The van der Waals surface area contributed by atoms with E-state index in [4.69, 9.17) is 5.73 Å². The van der Waals surface area contributed by atoms with E-state index >= 15 is 0 Å². The van der Waals surface area contributed by atoms with Gasteiger partial charge in [0.1, 0.15) is 0 Å². The summed E-state index contributed by atoms with van der Waals surface area (Å²) in [5, 5.41) is 3.54. The van der Waals surface area contributed by atoms with Crippen LogP contribution in [0.1, 0.15) is 24.0 Å². The maximum Gasteiger partial charge on any atom is 0.0497 e. The number of benzene rings is 1. The van der Waals surface area contributed by atoms with Gasteiger partial charge in [-0.1, -0.05) is 15.9 Å². The lowest BCUT2D eigenvalue weighted by Gasteiger charge is -2.18. The minimum absolute atomic E-state index is 0.187. The van der Waals surface area contributed by atoms with Crippen molar-refractivity contribution in [3.63, 3.8) is 0 Å². The van der Waals surface area contributed by atoms with Gasteiger partial charge in [-0.25, -0.2) is 0 Å². The van der Waals surface area contributed by atoms with E-state index in [1.165, 1.54) is 34.1 Å². The fourth-order valence-corrected chi connectivity index (χ4v) is 2.08. The Morgan fingerprint density at radius 3 is 2.27 bits per heavy atom. The summed E-state index contributed by atoms with van der Waals surface area (Å²) in [6.07, 6.45) is 2.38. The number of nitrogens with one attached hydrogen (secondary N) is 1. The highest BCUT2D eigenvalue weighted by Gasteiger charge is 2.41. The Labute approximate surface area is 99.4 Å². The third-order valence-electron chi connectivity index (χ3n) is 3.09. The van der Waals surface area contributed by atoms with Crippen molar-refractivity contribution in [2.75, 3.05) is 11.9 Å². The molecule has 1 fully saturated rings. The number of nitrogens with two attached hydrogens (primary N) is 1. The van der Waals surface area contributed by atoms with Gasteiger partial charge in [-0.2, -0.15) is 0 Å². The molecule has 3 N–H and O–H groups in total. The van der Waals surface area contributed by atoms with Crippen LogP contribution >= 0.6 is 15.9 Å². The Balaban J connectivity index is 2.23. The van der Waals surface area contributed by atoms with E-state index in [2.05, 4.69) is 47.2 Å². The third-order valence-corrected chi connectivity index (χ3v) is 4.34. The molecule has 0 aromatic heterocycles. The molecule has 0 heterocycles. The summed E-state index contributed by atoms with van der Waals surface area (Å²) < 4.78 is 1.20. The maximum absolute atomic E-state index is 5.75. The fraction of sp³-hybridized carbons (Fsp3) is 0.500. The lowest BCUT2D eigenvalue weighted by molar-refractivity contribution is 0.742. The second-order valence-corrected chi connectivity index (χ2v) is 5.33. The van der Waals surface area contributed by atoms with Gasteiger partial charge < -0.3 is 11.1 Å². The molecule has 0 atom stereocenters. The first-order valence-electron chi connectivity index (χ1n) is 5.31. The van der Waals surface area contributed by atoms with Crippen molar-refractivity contribution >= 4 is 21.6 Å². The number of rotatable bonds is 3. The molecule has 1 aromatic rings. The number of aryl methyl sites for hydroxylation is 2. The van der Waals surface area contributed by atoms with Gasteiger partial charge in [0.2, 0.25) is 0 Å². The molecule has 0 aliphatic heterocycles. The molecule has 2 nitrogen and oxygen atoms in total. The van der Waals surface area contributed by atoms with E-state index < -0.39 is 0 Å². The first-order valence-corrected chi connectivity index (χ1v) is 6.11. The molecule has 1 aliphatic carbocycles. The number of anilines is 1. The predicted molar refractivity (Wildman–Crippen MR) is 68.3 cm³/mol. The van der Waals surface area contributed by atoms with Crippen LogP contribution in [0.15, 0.2) is 16.6 Å².